The van der Waals surface area contributed by atoms with Gasteiger partial charge in [-0.1, -0.05) is 48.6 Å². The lowest BCUT2D eigenvalue weighted by molar-refractivity contribution is 0.627. The molecule has 0 aliphatic heterocycles. The second-order valence-electron chi connectivity index (χ2n) is 13.8. The van der Waals surface area contributed by atoms with E-state index in [0.717, 1.165) is 87.3 Å². The minimum Gasteiger partial charge on any atom is -0.307 e. The Labute approximate surface area is 361 Å². The summed E-state index contributed by atoms with van der Waals surface area (Å²) in [5.74, 6) is -0.535. The molecule has 0 spiro atoms. The van der Waals surface area contributed by atoms with E-state index in [0.29, 0.717) is 0 Å². The van der Waals surface area contributed by atoms with Crippen LogP contribution in [0.5, 0.6) is 0 Å². The third kappa shape index (κ3) is 7.58. The first-order valence-electron chi connectivity index (χ1n) is 19.0. The van der Waals surface area contributed by atoms with Crippen molar-refractivity contribution in [3.05, 3.63) is 201 Å². The molecule has 0 N–H and O–H groups in total. The predicted octanol–water partition coefficient (Wildman–Crippen LogP) is 15.3. The van der Waals surface area contributed by atoms with Gasteiger partial charge in [-0.05, 0) is 142 Å². The van der Waals surface area contributed by atoms with Gasteiger partial charge >= 0.3 is 0 Å². The van der Waals surface area contributed by atoms with E-state index in [1.54, 1.807) is 45.3 Å². The number of nitrogens with zero attached hydrogens (tertiary/aromatic N) is 4. The molecule has 8 heterocycles. The second kappa shape index (κ2) is 16.6. The van der Waals surface area contributed by atoms with E-state index in [2.05, 4.69) is 128 Å². The zero-order chi connectivity index (χ0) is 40.4. The van der Waals surface area contributed by atoms with Crippen molar-refractivity contribution in [2.45, 2.75) is 0 Å². The SMILES string of the molecule is Fc1ccc(-n2c(-c3cccs3)cc(/C=C/c3ccnc(-c4cc(/C=C/c5cc(-c6cccs6)n(-c6ccc(F)cc6)c5-c5cccs5)ccn4)c3)c2-c2cccs2)cc1. The standard InChI is InChI=1S/C50H32F2N4S4/c51-37-13-17-39(18-14-37)55-43(45-5-1-25-57-45)31-35(49(55)47-7-3-27-59-47)11-9-33-21-23-53-41(29-33)42-30-34(22-24-54-42)10-12-36-32-44(46-6-2-26-58-46)56(40-19-15-38(52)16-20-40)50(36)48-8-4-28-60-48/h1-32H/b11-9+,12-10+. The predicted molar refractivity (Wildman–Crippen MR) is 250 cm³/mol. The zero-order valence-corrected chi connectivity index (χ0v) is 34.9. The summed E-state index contributed by atoms with van der Waals surface area (Å²) in [4.78, 5) is 13.9. The highest BCUT2D eigenvalue weighted by atomic mass is 32.1. The number of aromatic nitrogens is 4. The normalized spacial score (nSPS) is 11.7. The quantitative estimate of drug-likeness (QED) is 0.130. The Balaban J connectivity index is 0.995. The highest BCUT2D eigenvalue weighted by molar-refractivity contribution is 7.14. The van der Waals surface area contributed by atoms with Crippen LogP contribution in [0.25, 0.3) is 89.4 Å². The van der Waals surface area contributed by atoms with Gasteiger partial charge in [-0.3, -0.25) is 9.97 Å². The van der Waals surface area contributed by atoms with Crippen molar-refractivity contribution < 1.29 is 8.78 Å². The lowest BCUT2D eigenvalue weighted by atomic mass is 10.1. The third-order valence-corrected chi connectivity index (χ3v) is 13.6. The summed E-state index contributed by atoms with van der Waals surface area (Å²) in [6.45, 7) is 0. The number of hydrogen-bond acceptors (Lipinski definition) is 6. The van der Waals surface area contributed by atoms with E-state index in [9.17, 15) is 8.78 Å². The van der Waals surface area contributed by atoms with Crippen LogP contribution in [0.2, 0.25) is 0 Å². The maximum absolute atomic E-state index is 14.1. The number of thiophene rings is 4. The van der Waals surface area contributed by atoms with Gasteiger partial charge in [0.15, 0.2) is 0 Å². The zero-order valence-electron chi connectivity index (χ0n) is 31.7. The van der Waals surface area contributed by atoms with E-state index in [1.165, 1.54) is 24.3 Å². The lowest BCUT2D eigenvalue weighted by Crippen LogP contribution is -1.98. The maximum Gasteiger partial charge on any atom is 0.123 e. The minimum atomic E-state index is -0.268. The summed E-state index contributed by atoms with van der Waals surface area (Å²) < 4.78 is 32.6. The van der Waals surface area contributed by atoms with Gasteiger partial charge < -0.3 is 9.13 Å². The molecule has 0 fully saturated rings. The Morgan fingerprint density at radius 3 is 1.17 bits per heavy atom. The Morgan fingerprint density at radius 2 is 0.800 bits per heavy atom. The van der Waals surface area contributed by atoms with Crippen molar-refractivity contribution in [2.75, 3.05) is 0 Å². The Morgan fingerprint density at radius 1 is 0.417 bits per heavy atom. The molecule has 0 saturated heterocycles. The fourth-order valence-electron chi connectivity index (χ4n) is 7.33. The van der Waals surface area contributed by atoms with Crippen LogP contribution in [-0.2, 0) is 0 Å². The molecule has 290 valence electrons. The highest BCUT2D eigenvalue weighted by Gasteiger charge is 2.21. The van der Waals surface area contributed by atoms with Gasteiger partial charge in [-0.25, -0.2) is 8.78 Å². The third-order valence-electron chi connectivity index (χ3n) is 10.0. The van der Waals surface area contributed by atoms with Crippen molar-refractivity contribution in [1.82, 2.24) is 19.1 Å². The van der Waals surface area contributed by atoms with Crippen molar-refractivity contribution in [2.24, 2.45) is 0 Å². The molecule has 0 aliphatic carbocycles. The van der Waals surface area contributed by atoms with Crippen LogP contribution in [0.4, 0.5) is 8.78 Å². The summed E-state index contributed by atoms with van der Waals surface area (Å²) >= 11 is 6.71. The van der Waals surface area contributed by atoms with Gasteiger partial charge in [-0.2, -0.15) is 0 Å². The van der Waals surface area contributed by atoms with Gasteiger partial charge in [0.25, 0.3) is 0 Å². The van der Waals surface area contributed by atoms with Crippen molar-refractivity contribution in [1.29, 1.82) is 0 Å². The molecule has 10 rings (SSSR count). The largest absolute Gasteiger partial charge is 0.307 e. The molecule has 0 atom stereocenters. The summed E-state index contributed by atoms with van der Waals surface area (Å²) in [5.41, 5.74) is 11.5. The summed E-state index contributed by atoms with van der Waals surface area (Å²) in [7, 11) is 0. The molecule has 8 aromatic heterocycles. The number of halogens is 2. The average Bonchev–Trinajstić information content (AvgIpc) is 4.14. The molecule has 0 aliphatic rings. The maximum atomic E-state index is 14.1. The fraction of sp³-hybridized carbons (Fsp3) is 0. The van der Waals surface area contributed by atoms with Gasteiger partial charge in [0.2, 0.25) is 0 Å². The molecule has 0 saturated carbocycles. The molecular weight excluding hydrogens is 823 g/mol. The molecule has 0 amide bonds. The number of benzene rings is 2. The first kappa shape index (κ1) is 37.7. The molecule has 10 heteroatoms. The van der Waals surface area contributed by atoms with Crippen LogP contribution in [-0.4, -0.2) is 19.1 Å². The van der Waals surface area contributed by atoms with E-state index < -0.39 is 0 Å². The average molecular weight is 855 g/mol. The Bertz CT molecular complexity index is 2870. The number of hydrogen-bond donors (Lipinski definition) is 0. The molecule has 0 radical (unpaired) electrons. The Hall–Kier alpha value is -6.56. The van der Waals surface area contributed by atoms with Crippen LogP contribution in [0.1, 0.15) is 22.3 Å². The van der Waals surface area contributed by atoms with Crippen LogP contribution in [0.3, 0.4) is 0 Å². The summed E-state index contributed by atoms with van der Waals surface area (Å²) in [6, 6.07) is 42.6. The van der Waals surface area contributed by atoms with E-state index >= 15 is 0 Å². The van der Waals surface area contributed by atoms with Crippen LogP contribution >= 0.6 is 45.3 Å². The molecule has 0 bridgehead atoms. The van der Waals surface area contributed by atoms with Crippen LogP contribution in [0, 0.1) is 11.6 Å². The molecule has 2 aromatic carbocycles. The first-order valence-corrected chi connectivity index (χ1v) is 22.6. The van der Waals surface area contributed by atoms with Gasteiger partial charge in [-0.15, -0.1) is 45.3 Å². The van der Waals surface area contributed by atoms with Crippen LogP contribution < -0.4 is 0 Å². The lowest BCUT2D eigenvalue weighted by Gasteiger charge is -2.13. The Kier molecular flexibility index (Phi) is 10.4. The first-order chi connectivity index (χ1) is 29.6. The smallest absolute Gasteiger partial charge is 0.123 e. The molecule has 0 unspecified atom stereocenters. The minimum absolute atomic E-state index is 0.268. The fourth-order valence-corrected chi connectivity index (χ4v) is 10.4. The second-order valence-corrected chi connectivity index (χ2v) is 17.6. The van der Waals surface area contributed by atoms with Crippen molar-refractivity contribution >= 4 is 69.7 Å². The van der Waals surface area contributed by atoms with Gasteiger partial charge in [0, 0.05) is 34.9 Å². The number of rotatable bonds is 11. The van der Waals surface area contributed by atoms with E-state index in [1.807, 2.05) is 48.8 Å². The van der Waals surface area contributed by atoms with Gasteiger partial charge in [0.1, 0.15) is 11.6 Å². The monoisotopic (exact) mass is 854 g/mol. The highest BCUT2D eigenvalue weighted by Crippen LogP contribution is 2.42. The molecule has 60 heavy (non-hydrogen) atoms. The van der Waals surface area contributed by atoms with Crippen molar-refractivity contribution in [3.8, 4) is 65.0 Å². The van der Waals surface area contributed by atoms with E-state index in [-0.39, 0.29) is 11.6 Å². The molecule has 4 nitrogen and oxygen atoms in total. The van der Waals surface area contributed by atoms with Crippen molar-refractivity contribution in [3.63, 3.8) is 0 Å². The summed E-state index contributed by atoms with van der Waals surface area (Å²) in [5, 5.41) is 8.31. The van der Waals surface area contributed by atoms with E-state index in [4.69, 9.17) is 9.97 Å². The summed E-state index contributed by atoms with van der Waals surface area (Å²) in [6.07, 6.45) is 12.1. The van der Waals surface area contributed by atoms with Crippen LogP contribution in [0.15, 0.2) is 167 Å². The van der Waals surface area contributed by atoms with Gasteiger partial charge in [0.05, 0.1) is 53.7 Å². The topological polar surface area (TPSA) is 35.6 Å². The molecule has 10 aromatic rings. The number of pyridine rings is 2. The molecular formula is C50H32F2N4S4.